The van der Waals surface area contributed by atoms with Gasteiger partial charge in [0.15, 0.2) is 6.20 Å². The first-order chi connectivity index (χ1) is 16.1. The third-order valence-corrected chi connectivity index (χ3v) is 7.92. The summed E-state index contributed by atoms with van der Waals surface area (Å²) < 4.78 is 2.09. The molecule has 1 amide bonds. The quantitative estimate of drug-likeness (QED) is 0.452. The van der Waals surface area contributed by atoms with E-state index in [0.29, 0.717) is 19.0 Å². The van der Waals surface area contributed by atoms with E-state index in [1.807, 2.05) is 19.2 Å². The van der Waals surface area contributed by atoms with Gasteiger partial charge in [-0.15, -0.1) is 0 Å². The normalized spacial score (nSPS) is 17.5. The molecule has 0 unspecified atom stereocenters. The van der Waals surface area contributed by atoms with Gasteiger partial charge in [-0.1, -0.05) is 54.8 Å². The van der Waals surface area contributed by atoms with Gasteiger partial charge in [-0.3, -0.25) is 4.79 Å². The molecule has 0 bridgehead atoms. The van der Waals surface area contributed by atoms with E-state index < -0.39 is 0 Å². The molecule has 2 heterocycles. The number of thioether (sulfide) groups is 1. The molecular formula is C27H29ClN3OS+. The van der Waals surface area contributed by atoms with Gasteiger partial charge in [-0.05, 0) is 48.7 Å². The number of amides is 1. The molecule has 33 heavy (non-hydrogen) atoms. The lowest BCUT2D eigenvalue weighted by molar-refractivity contribution is -0.644. The number of para-hydroxylation sites is 1. The third kappa shape index (κ3) is 4.90. The number of halogens is 1. The van der Waals surface area contributed by atoms with Gasteiger partial charge >= 0.3 is 0 Å². The Hall–Kier alpha value is -2.50. The number of benzene rings is 2. The Kier molecular flexibility index (Phi) is 6.61. The Morgan fingerprint density at radius 2 is 2.00 bits per heavy atom. The van der Waals surface area contributed by atoms with E-state index >= 15 is 0 Å². The van der Waals surface area contributed by atoms with E-state index in [0.717, 1.165) is 39.4 Å². The molecule has 1 saturated carbocycles. The largest absolute Gasteiger partial charge is 0.353 e. The highest BCUT2D eigenvalue weighted by molar-refractivity contribution is 8.03. The Bertz CT molecular complexity index is 1220. The monoisotopic (exact) mass is 478 g/mol. The highest BCUT2D eigenvalue weighted by Gasteiger charge is 2.26. The molecule has 2 aliphatic rings. The molecule has 1 fully saturated rings. The summed E-state index contributed by atoms with van der Waals surface area (Å²) in [5, 5.41) is 6.29. The van der Waals surface area contributed by atoms with Gasteiger partial charge in [0.05, 0.1) is 16.1 Å². The van der Waals surface area contributed by atoms with Crippen LogP contribution in [0, 0.1) is 0 Å². The smallest absolute Gasteiger partial charge is 0.222 e. The number of aromatic nitrogens is 1. The fourth-order valence-electron chi connectivity index (χ4n) is 4.81. The molecule has 3 aromatic rings. The molecule has 0 spiro atoms. The minimum atomic E-state index is 0.155. The number of fused-ring (bicyclic) bond motifs is 2. The molecular weight excluding hydrogens is 450 g/mol. The average molecular weight is 479 g/mol. The SMILES string of the molecule is C[n+]1ccc(C=C2Sc3ccccc3N2CCC(=O)NC2CCCCC2)c2ccc(Cl)cc21. The van der Waals surface area contributed by atoms with Crippen LogP contribution >= 0.6 is 23.4 Å². The third-order valence-electron chi connectivity index (χ3n) is 6.58. The average Bonchev–Trinajstić information content (AvgIpc) is 3.17. The summed E-state index contributed by atoms with van der Waals surface area (Å²) in [6.45, 7) is 0.665. The maximum Gasteiger partial charge on any atom is 0.222 e. The molecule has 2 aromatic carbocycles. The lowest BCUT2D eigenvalue weighted by Crippen LogP contribution is -2.37. The van der Waals surface area contributed by atoms with Crippen LogP contribution < -0.4 is 14.8 Å². The van der Waals surface area contributed by atoms with Crippen LogP contribution in [0.2, 0.25) is 5.02 Å². The van der Waals surface area contributed by atoms with Gasteiger partial charge in [-0.25, -0.2) is 4.57 Å². The summed E-state index contributed by atoms with van der Waals surface area (Å²) in [5.74, 6) is 0.155. The van der Waals surface area contributed by atoms with Crippen LogP contribution in [-0.2, 0) is 11.8 Å². The summed E-state index contributed by atoms with van der Waals surface area (Å²) in [6, 6.07) is 17.0. The number of pyridine rings is 1. The van der Waals surface area contributed by atoms with Crippen LogP contribution in [0.15, 0.2) is 64.7 Å². The van der Waals surface area contributed by atoms with E-state index in [2.05, 4.69) is 63.5 Å². The van der Waals surface area contributed by atoms with Crippen molar-refractivity contribution in [2.75, 3.05) is 11.4 Å². The van der Waals surface area contributed by atoms with Crippen molar-refractivity contribution in [2.45, 2.75) is 49.5 Å². The number of nitrogens with one attached hydrogen (secondary N) is 1. The molecule has 0 atom stereocenters. The van der Waals surface area contributed by atoms with Gasteiger partial charge in [0, 0.05) is 41.1 Å². The summed E-state index contributed by atoms with van der Waals surface area (Å²) >= 11 is 8.02. The molecule has 6 heteroatoms. The summed E-state index contributed by atoms with van der Waals surface area (Å²) in [7, 11) is 2.03. The Labute approximate surface area is 204 Å². The van der Waals surface area contributed by atoms with Gasteiger partial charge in [-0.2, -0.15) is 0 Å². The van der Waals surface area contributed by atoms with Gasteiger partial charge < -0.3 is 10.2 Å². The lowest BCUT2D eigenvalue weighted by Gasteiger charge is -2.24. The van der Waals surface area contributed by atoms with E-state index in [9.17, 15) is 4.79 Å². The summed E-state index contributed by atoms with van der Waals surface area (Å²) in [5.41, 5.74) is 3.41. The predicted octanol–water partition coefficient (Wildman–Crippen LogP) is 6.07. The number of hydrogen-bond acceptors (Lipinski definition) is 3. The number of rotatable bonds is 5. The first-order valence-corrected chi connectivity index (χ1v) is 12.9. The predicted molar refractivity (Wildman–Crippen MR) is 137 cm³/mol. The number of carbonyl (C=O) groups is 1. The van der Waals surface area contributed by atoms with Crippen LogP contribution in [0.25, 0.3) is 17.0 Å². The second kappa shape index (κ2) is 9.78. The van der Waals surface area contributed by atoms with Crippen molar-refractivity contribution in [3.63, 3.8) is 0 Å². The second-order valence-corrected chi connectivity index (χ2v) is 10.4. The highest BCUT2D eigenvalue weighted by atomic mass is 35.5. The number of anilines is 1. The Balaban J connectivity index is 1.41. The molecule has 5 rings (SSSR count). The topological polar surface area (TPSA) is 36.2 Å². The van der Waals surface area contributed by atoms with Crippen LogP contribution in [0.4, 0.5) is 5.69 Å². The molecule has 1 aliphatic heterocycles. The standard InChI is InChI=1S/C27H28ClN3OS/c1-30-15-13-19(22-12-11-20(28)18-24(22)30)17-27-31(23-9-5-6-10-25(23)33-27)16-14-26(32)29-21-7-3-2-4-8-21/h5-6,9-13,15,17-18,21H,2-4,7-8,14,16H2,1H3/p+1. The van der Waals surface area contributed by atoms with Crippen molar-refractivity contribution in [1.82, 2.24) is 5.32 Å². The zero-order chi connectivity index (χ0) is 22.8. The lowest BCUT2D eigenvalue weighted by atomic mass is 9.95. The van der Waals surface area contributed by atoms with Crippen molar-refractivity contribution in [1.29, 1.82) is 0 Å². The second-order valence-electron chi connectivity index (χ2n) is 8.90. The summed E-state index contributed by atoms with van der Waals surface area (Å²) in [4.78, 5) is 16.2. The maximum atomic E-state index is 12.7. The first-order valence-electron chi connectivity index (χ1n) is 11.7. The van der Waals surface area contributed by atoms with Crippen molar-refractivity contribution >= 4 is 51.9 Å². The molecule has 1 aromatic heterocycles. The molecule has 4 nitrogen and oxygen atoms in total. The molecule has 0 saturated heterocycles. The van der Waals surface area contributed by atoms with E-state index in [4.69, 9.17) is 11.6 Å². The van der Waals surface area contributed by atoms with E-state index in [1.54, 1.807) is 11.8 Å². The number of nitrogens with zero attached hydrogens (tertiary/aromatic N) is 2. The fraction of sp³-hybridized carbons (Fsp3) is 0.333. The van der Waals surface area contributed by atoms with Crippen molar-refractivity contribution in [2.24, 2.45) is 7.05 Å². The molecule has 1 N–H and O–H groups in total. The Morgan fingerprint density at radius 3 is 2.85 bits per heavy atom. The number of carbonyl (C=O) groups excluding carboxylic acids is 1. The van der Waals surface area contributed by atoms with Crippen LogP contribution in [0.1, 0.15) is 44.1 Å². The minimum absolute atomic E-state index is 0.155. The number of hydrogen-bond donors (Lipinski definition) is 1. The van der Waals surface area contributed by atoms with E-state index in [1.165, 1.54) is 29.8 Å². The summed E-state index contributed by atoms with van der Waals surface area (Å²) in [6.07, 6.45) is 10.8. The van der Waals surface area contributed by atoms with Gasteiger partial charge in [0.25, 0.3) is 0 Å². The number of aryl methyl sites for hydroxylation is 1. The molecule has 170 valence electrons. The van der Waals surface area contributed by atoms with Crippen LogP contribution in [-0.4, -0.2) is 18.5 Å². The van der Waals surface area contributed by atoms with E-state index in [-0.39, 0.29) is 5.91 Å². The van der Waals surface area contributed by atoms with Crippen molar-refractivity contribution in [3.8, 4) is 0 Å². The Morgan fingerprint density at radius 1 is 1.18 bits per heavy atom. The van der Waals surface area contributed by atoms with Crippen molar-refractivity contribution < 1.29 is 9.36 Å². The molecule has 1 aliphatic carbocycles. The zero-order valence-corrected chi connectivity index (χ0v) is 20.5. The zero-order valence-electron chi connectivity index (χ0n) is 18.9. The minimum Gasteiger partial charge on any atom is -0.353 e. The highest BCUT2D eigenvalue weighted by Crippen LogP contribution is 2.46. The fourth-order valence-corrected chi connectivity index (χ4v) is 6.12. The maximum absolute atomic E-state index is 12.7. The molecule has 0 radical (unpaired) electrons. The van der Waals surface area contributed by atoms with Gasteiger partial charge in [0.1, 0.15) is 7.05 Å². The first kappa shape index (κ1) is 22.3. The van der Waals surface area contributed by atoms with Crippen LogP contribution in [0.5, 0.6) is 0 Å². The van der Waals surface area contributed by atoms with Crippen LogP contribution in [0.3, 0.4) is 0 Å². The van der Waals surface area contributed by atoms with Crippen molar-refractivity contribution in [3.05, 3.63) is 70.3 Å². The van der Waals surface area contributed by atoms with Gasteiger partial charge in [0.2, 0.25) is 11.4 Å².